The molecule has 12 heavy (non-hydrogen) atoms. The zero-order valence-electron chi connectivity index (χ0n) is 10.0. The number of hydrogen-bond acceptors (Lipinski definition) is 0. The van der Waals surface area contributed by atoms with Crippen molar-refractivity contribution in [1.82, 2.24) is 0 Å². The summed E-state index contributed by atoms with van der Waals surface area (Å²) in [5.41, 5.74) is 0.602. The van der Waals surface area contributed by atoms with Gasteiger partial charge in [-0.05, 0) is 18.3 Å². The van der Waals surface area contributed by atoms with Gasteiger partial charge in [-0.15, -0.1) is 0 Å². The van der Waals surface area contributed by atoms with Gasteiger partial charge < -0.3 is 0 Å². The van der Waals surface area contributed by atoms with E-state index in [1.807, 2.05) is 13.8 Å². The van der Waals surface area contributed by atoms with Gasteiger partial charge in [-0.25, -0.2) is 0 Å². The largest absolute Gasteiger partial charge is 0.0683 e. The van der Waals surface area contributed by atoms with Crippen LogP contribution in [0.15, 0.2) is 0 Å². The van der Waals surface area contributed by atoms with Crippen molar-refractivity contribution < 1.29 is 0 Å². The first kappa shape index (κ1) is 14.5. The maximum Gasteiger partial charge on any atom is -0.0354 e. The van der Waals surface area contributed by atoms with Crippen LogP contribution < -0.4 is 0 Å². The molecule has 0 aromatic carbocycles. The third-order valence-corrected chi connectivity index (χ3v) is 2.13. The molecule has 0 bridgehead atoms. The second kappa shape index (κ2) is 9.09. The van der Waals surface area contributed by atoms with Crippen LogP contribution in [-0.4, -0.2) is 0 Å². The highest BCUT2D eigenvalue weighted by molar-refractivity contribution is 4.66. The van der Waals surface area contributed by atoms with E-state index in [9.17, 15) is 0 Å². The summed E-state index contributed by atoms with van der Waals surface area (Å²) in [6.45, 7) is 13.3. The van der Waals surface area contributed by atoms with Crippen LogP contribution in [0.3, 0.4) is 0 Å². The summed E-state index contributed by atoms with van der Waals surface area (Å²) in [4.78, 5) is 0. The molecule has 0 atom stereocenters. The van der Waals surface area contributed by atoms with Gasteiger partial charge >= 0.3 is 0 Å². The van der Waals surface area contributed by atoms with Crippen molar-refractivity contribution in [1.29, 1.82) is 0 Å². The Hall–Kier alpha value is 0. The summed E-state index contributed by atoms with van der Waals surface area (Å²) in [6.07, 6.45) is 6.85. The second-order valence-electron chi connectivity index (χ2n) is 4.02. The zero-order chi connectivity index (χ0) is 10.0. The van der Waals surface area contributed by atoms with E-state index in [2.05, 4.69) is 27.7 Å². The minimum atomic E-state index is 0.602. The molecule has 0 aliphatic carbocycles. The Morgan fingerprint density at radius 1 is 0.833 bits per heavy atom. The van der Waals surface area contributed by atoms with Gasteiger partial charge in [-0.1, -0.05) is 60.8 Å². The molecule has 0 N–H and O–H groups in total. The summed E-state index contributed by atoms with van der Waals surface area (Å²) in [7, 11) is 0. The molecule has 0 radical (unpaired) electrons. The lowest BCUT2D eigenvalue weighted by Gasteiger charge is -2.23. The zero-order valence-corrected chi connectivity index (χ0v) is 10.0. The van der Waals surface area contributed by atoms with E-state index >= 15 is 0 Å². The quantitative estimate of drug-likeness (QED) is 0.545. The minimum Gasteiger partial charge on any atom is -0.0683 e. The summed E-state index contributed by atoms with van der Waals surface area (Å²) >= 11 is 0. The summed E-state index contributed by atoms with van der Waals surface area (Å²) < 4.78 is 0. The molecule has 0 spiro atoms. The first-order valence-electron chi connectivity index (χ1n) is 5.62. The van der Waals surface area contributed by atoms with Crippen LogP contribution in [0.4, 0.5) is 0 Å². The maximum absolute atomic E-state index is 2.38. The Morgan fingerprint density at radius 2 is 1.33 bits per heavy atom. The standard InChI is InChI=1S/C10H22.C2H6/c1-5-7-9-10(3,4)8-6-2;1-2/h5-9H2,1-4H3;1-2H3. The second-order valence-corrected chi connectivity index (χ2v) is 4.02. The highest BCUT2D eigenvalue weighted by Gasteiger charge is 2.14. The van der Waals surface area contributed by atoms with Gasteiger partial charge in [0, 0.05) is 0 Å². The molecule has 0 aliphatic heterocycles. The van der Waals surface area contributed by atoms with E-state index in [1.54, 1.807) is 0 Å². The van der Waals surface area contributed by atoms with Gasteiger partial charge in [-0.3, -0.25) is 0 Å². The van der Waals surface area contributed by atoms with Gasteiger partial charge in [0.25, 0.3) is 0 Å². The van der Waals surface area contributed by atoms with Crippen molar-refractivity contribution in [3.8, 4) is 0 Å². The molecule has 0 heterocycles. The Morgan fingerprint density at radius 3 is 1.67 bits per heavy atom. The Balaban J connectivity index is 0. The highest BCUT2D eigenvalue weighted by atomic mass is 14.2. The van der Waals surface area contributed by atoms with Crippen molar-refractivity contribution >= 4 is 0 Å². The molecule has 0 rings (SSSR count). The number of unbranched alkanes of at least 4 members (excludes halogenated alkanes) is 1. The normalized spacial score (nSPS) is 10.5. The molecule has 0 amide bonds. The SMILES string of the molecule is CC.CCCCC(C)(C)CCC. The van der Waals surface area contributed by atoms with Crippen LogP contribution in [0.5, 0.6) is 0 Å². The molecule has 0 unspecified atom stereocenters. The van der Waals surface area contributed by atoms with Crippen molar-refractivity contribution in [3.05, 3.63) is 0 Å². The molecule has 76 valence electrons. The maximum atomic E-state index is 2.38. The van der Waals surface area contributed by atoms with Crippen molar-refractivity contribution in [3.63, 3.8) is 0 Å². The van der Waals surface area contributed by atoms with Crippen molar-refractivity contribution in [2.75, 3.05) is 0 Å². The lowest BCUT2D eigenvalue weighted by molar-refractivity contribution is 0.295. The summed E-state index contributed by atoms with van der Waals surface area (Å²) in [6, 6.07) is 0. The third kappa shape index (κ3) is 10.0. The fourth-order valence-corrected chi connectivity index (χ4v) is 1.46. The van der Waals surface area contributed by atoms with Crippen molar-refractivity contribution in [2.24, 2.45) is 5.41 Å². The Labute approximate surface area is 79.8 Å². The molecule has 0 fully saturated rings. The monoisotopic (exact) mass is 172 g/mol. The van der Waals surface area contributed by atoms with Gasteiger partial charge in [-0.2, -0.15) is 0 Å². The van der Waals surface area contributed by atoms with E-state index in [0.717, 1.165) is 0 Å². The molecule has 0 heteroatoms. The predicted molar refractivity (Wildman–Crippen MR) is 59.6 cm³/mol. The molecule has 0 aromatic heterocycles. The van der Waals surface area contributed by atoms with Gasteiger partial charge in [0.1, 0.15) is 0 Å². The molecular weight excluding hydrogens is 144 g/mol. The average Bonchev–Trinajstić information content (AvgIpc) is 2.05. The molecular formula is C12H28. The van der Waals surface area contributed by atoms with Crippen LogP contribution in [0.1, 0.15) is 73.6 Å². The topological polar surface area (TPSA) is 0 Å². The number of rotatable bonds is 5. The molecule has 0 saturated carbocycles. The van der Waals surface area contributed by atoms with E-state index in [4.69, 9.17) is 0 Å². The molecule has 0 aromatic rings. The number of hydrogen-bond donors (Lipinski definition) is 0. The third-order valence-electron chi connectivity index (χ3n) is 2.13. The average molecular weight is 172 g/mol. The van der Waals surface area contributed by atoms with Crippen LogP contribution in [0.25, 0.3) is 0 Å². The molecule has 0 nitrogen and oxygen atoms in total. The van der Waals surface area contributed by atoms with Crippen LogP contribution in [-0.2, 0) is 0 Å². The Kier molecular flexibility index (Phi) is 11.0. The first-order valence-corrected chi connectivity index (χ1v) is 5.62. The fourth-order valence-electron chi connectivity index (χ4n) is 1.46. The van der Waals surface area contributed by atoms with E-state index < -0.39 is 0 Å². The van der Waals surface area contributed by atoms with Crippen LogP contribution in [0.2, 0.25) is 0 Å². The Bertz CT molecular complexity index is 72.1. The highest BCUT2D eigenvalue weighted by Crippen LogP contribution is 2.28. The van der Waals surface area contributed by atoms with E-state index in [1.165, 1.54) is 32.1 Å². The van der Waals surface area contributed by atoms with Crippen LogP contribution in [0, 0.1) is 5.41 Å². The molecule has 0 aliphatic rings. The van der Waals surface area contributed by atoms with Gasteiger partial charge in [0.2, 0.25) is 0 Å². The predicted octanol–water partition coefficient (Wildman–Crippen LogP) is 5.03. The fraction of sp³-hybridized carbons (Fsp3) is 1.00. The first-order chi connectivity index (χ1) is 5.62. The molecule has 0 saturated heterocycles. The van der Waals surface area contributed by atoms with Crippen molar-refractivity contribution in [2.45, 2.75) is 73.6 Å². The lowest BCUT2D eigenvalue weighted by atomic mass is 9.83. The van der Waals surface area contributed by atoms with Gasteiger partial charge in [0.15, 0.2) is 0 Å². The van der Waals surface area contributed by atoms with Gasteiger partial charge in [0.05, 0.1) is 0 Å². The summed E-state index contributed by atoms with van der Waals surface area (Å²) in [5.74, 6) is 0. The van der Waals surface area contributed by atoms with E-state index in [-0.39, 0.29) is 0 Å². The summed E-state index contributed by atoms with van der Waals surface area (Å²) in [5, 5.41) is 0. The minimum absolute atomic E-state index is 0.602. The van der Waals surface area contributed by atoms with Crippen LogP contribution >= 0.6 is 0 Å². The lowest BCUT2D eigenvalue weighted by Crippen LogP contribution is -2.09. The van der Waals surface area contributed by atoms with E-state index in [0.29, 0.717) is 5.41 Å². The smallest absolute Gasteiger partial charge is 0.0354 e.